The maximum absolute atomic E-state index is 12.9. The van der Waals surface area contributed by atoms with Crippen molar-refractivity contribution in [2.45, 2.75) is 52.1 Å². The van der Waals surface area contributed by atoms with E-state index in [1.807, 2.05) is 44.9 Å². The van der Waals surface area contributed by atoms with Gasteiger partial charge in [-0.3, -0.25) is 4.79 Å². The van der Waals surface area contributed by atoms with E-state index >= 15 is 0 Å². The van der Waals surface area contributed by atoms with Gasteiger partial charge in [0.15, 0.2) is 0 Å². The lowest BCUT2D eigenvalue weighted by molar-refractivity contribution is -0.144. The molecule has 19 heavy (non-hydrogen) atoms. The molecular weight excluding hydrogens is 238 g/mol. The predicted octanol–water partition coefficient (Wildman–Crippen LogP) is 2.44. The fourth-order valence-electron chi connectivity index (χ4n) is 2.52. The Bertz CT molecular complexity index is 442. The van der Waals surface area contributed by atoms with Crippen molar-refractivity contribution in [3.05, 3.63) is 24.0 Å². The van der Waals surface area contributed by atoms with Crippen LogP contribution in [0.25, 0.3) is 0 Å². The van der Waals surface area contributed by atoms with Crippen molar-refractivity contribution in [1.82, 2.24) is 9.88 Å². The van der Waals surface area contributed by atoms with Gasteiger partial charge in [0.2, 0.25) is 5.91 Å². The zero-order valence-electron chi connectivity index (χ0n) is 12.4. The smallest absolute Gasteiger partial charge is 0.230 e. The van der Waals surface area contributed by atoms with Crippen LogP contribution >= 0.6 is 0 Å². The minimum absolute atomic E-state index is 0.150. The van der Waals surface area contributed by atoms with Gasteiger partial charge in [-0.05, 0) is 52.7 Å². The van der Waals surface area contributed by atoms with Crippen molar-refractivity contribution < 1.29 is 4.79 Å². The highest BCUT2D eigenvalue weighted by Crippen LogP contribution is 2.38. The molecule has 4 nitrogen and oxygen atoms in total. The Morgan fingerprint density at radius 2 is 2.11 bits per heavy atom. The van der Waals surface area contributed by atoms with E-state index in [0.29, 0.717) is 0 Å². The van der Waals surface area contributed by atoms with Crippen LogP contribution in [0.4, 0.5) is 0 Å². The molecule has 2 rings (SSSR count). The van der Waals surface area contributed by atoms with E-state index in [2.05, 4.69) is 11.1 Å². The van der Waals surface area contributed by atoms with Crippen molar-refractivity contribution in [2.24, 2.45) is 11.1 Å². The van der Waals surface area contributed by atoms with E-state index in [1.54, 1.807) is 0 Å². The zero-order chi connectivity index (χ0) is 14.3. The SMILES string of the molecule is CC(C)(N)C(C)(C)C(=O)N1CCCC1c1ccc[nH]1. The number of carbonyl (C=O) groups is 1. The first kappa shape index (κ1) is 14.1. The average Bonchev–Trinajstić information content (AvgIpc) is 2.96. The van der Waals surface area contributed by atoms with Crippen molar-refractivity contribution in [3.8, 4) is 0 Å². The maximum Gasteiger partial charge on any atom is 0.230 e. The van der Waals surface area contributed by atoms with Crippen molar-refractivity contribution >= 4 is 5.91 Å². The summed E-state index contributed by atoms with van der Waals surface area (Å²) in [5, 5.41) is 0. The Kier molecular flexibility index (Phi) is 3.47. The van der Waals surface area contributed by atoms with Gasteiger partial charge in [0, 0.05) is 24.0 Å². The molecule has 1 aliphatic heterocycles. The molecule has 1 aliphatic rings. The summed E-state index contributed by atoms with van der Waals surface area (Å²) in [6, 6.07) is 4.20. The fraction of sp³-hybridized carbons (Fsp3) is 0.667. The molecule has 1 aromatic rings. The van der Waals surface area contributed by atoms with Crippen LogP contribution in [0.1, 0.15) is 52.3 Å². The number of nitrogens with zero attached hydrogens (tertiary/aromatic N) is 1. The van der Waals surface area contributed by atoms with E-state index < -0.39 is 11.0 Å². The maximum atomic E-state index is 12.9. The van der Waals surface area contributed by atoms with Gasteiger partial charge < -0.3 is 15.6 Å². The van der Waals surface area contributed by atoms with Gasteiger partial charge in [0.25, 0.3) is 0 Å². The fourth-order valence-corrected chi connectivity index (χ4v) is 2.52. The Morgan fingerprint density at radius 1 is 1.42 bits per heavy atom. The molecule has 3 N–H and O–H groups in total. The molecular formula is C15H25N3O. The highest BCUT2D eigenvalue weighted by molar-refractivity contribution is 5.84. The number of aromatic amines is 1. The van der Waals surface area contributed by atoms with E-state index in [9.17, 15) is 4.79 Å². The number of nitrogens with two attached hydrogens (primary N) is 1. The van der Waals surface area contributed by atoms with Crippen LogP contribution in [-0.2, 0) is 4.79 Å². The summed E-state index contributed by atoms with van der Waals surface area (Å²) in [4.78, 5) is 18.1. The van der Waals surface area contributed by atoms with Gasteiger partial charge in [-0.1, -0.05) is 0 Å². The molecule has 1 saturated heterocycles. The van der Waals surface area contributed by atoms with Crippen molar-refractivity contribution in [3.63, 3.8) is 0 Å². The number of aromatic nitrogens is 1. The number of hydrogen-bond donors (Lipinski definition) is 2. The van der Waals surface area contributed by atoms with Crippen LogP contribution in [0.2, 0.25) is 0 Å². The third-order valence-corrected chi connectivity index (χ3v) is 4.64. The molecule has 106 valence electrons. The molecule has 1 atom stereocenters. The van der Waals surface area contributed by atoms with Crippen LogP contribution < -0.4 is 5.73 Å². The second-order valence-corrected chi connectivity index (χ2v) is 6.63. The van der Waals surface area contributed by atoms with Gasteiger partial charge in [0.05, 0.1) is 11.5 Å². The topological polar surface area (TPSA) is 62.1 Å². The second-order valence-electron chi connectivity index (χ2n) is 6.63. The first-order valence-electron chi connectivity index (χ1n) is 6.98. The standard InChI is InChI=1S/C15H25N3O/c1-14(2,15(3,4)16)13(19)18-10-6-8-12(18)11-7-5-9-17-11/h5,7,9,12,17H,6,8,10,16H2,1-4H3. The number of hydrogen-bond acceptors (Lipinski definition) is 2. The summed E-state index contributed by atoms with van der Waals surface area (Å²) in [7, 11) is 0. The largest absolute Gasteiger partial charge is 0.363 e. The summed E-state index contributed by atoms with van der Waals surface area (Å²) in [5.74, 6) is 0.150. The van der Waals surface area contributed by atoms with E-state index in [-0.39, 0.29) is 11.9 Å². The molecule has 0 aromatic carbocycles. The molecule has 2 heterocycles. The van der Waals surface area contributed by atoms with Crippen molar-refractivity contribution in [2.75, 3.05) is 6.54 Å². The first-order valence-corrected chi connectivity index (χ1v) is 6.98. The molecule has 0 bridgehead atoms. The van der Waals surface area contributed by atoms with Crippen LogP contribution in [0, 0.1) is 5.41 Å². The lowest BCUT2D eigenvalue weighted by atomic mass is 9.74. The highest BCUT2D eigenvalue weighted by Gasteiger charge is 2.45. The molecule has 1 fully saturated rings. The summed E-state index contributed by atoms with van der Waals surface area (Å²) in [6.07, 6.45) is 3.98. The minimum Gasteiger partial charge on any atom is -0.363 e. The molecule has 0 saturated carbocycles. The summed E-state index contributed by atoms with van der Waals surface area (Å²) >= 11 is 0. The number of amides is 1. The van der Waals surface area contributed by atoms with Gasteiger partial charge in [-0.2, -0.15) is 0 Å². The monoisotopic (exact) mass is 263 g/mol. The predicted molar refractivity (Wildman–Crippen MR) is 76.5 cm³/mol. The molecule has 1 amide bonds. The van der Waals surface area contributed by atoms with Crippen LogP contribution in [0.5, 0.6) is 0 Å². The van der Waals surface area contributed by atoms with Gasteiger partial charge in [0.1, 0.15) is 0 Å². The van der Waals surface area contributed by atoms with Crippen LogP contribution in [0.3, 0.4) is 0 Å². The van der Waals surface area contributed by atoms with Gasteiger partial charge in [-0.15, -0.1) is 0 Å². The number of nitrogens with one attached hydrogen (secondary N) is 1. The molecule has 1 aromatic heterocycles. The first-order chi connectivity index (χ1) is 8.75. The zero-order valence-corrected chi connectivity index (χ0v) is 12.4. The minimum atomic E-state index is -0.567. The van der Waals surface area contributed by atoms with E-state index in [0.717, 1.165) is 25.1 Å². The Labute approximate surface area is 115 Å². The van der Waals surface area contributed by atoms with Gasteiger partial charge >= 0.3 is 0 Å². The lowest BCUT2D eigenvalue weighted by Gasteiger charge is -2.41. The van der Waals surface area contributed by atoms with E-state index in [4.69, 9.17) is 5.73 Å². The molecule has 0 aliphatic carbocycles. The summed E-state index contributed by atoms with van der Waals surface area (Å²) < 4.78 is 0. The molecule has 4 heteroatoms. The second kappa shape index (κ2) is 4.67. The number of carbonyl (C=O) groups excluding carboxylic acids is 1. The third kappa shape index (κ3) is 2.41. The van der Waals surface area contributed by atoms with Crippen molar-refractivity contribution in [1.29, 1.82) is 0 Å². The summed E-state index contributed by atoms with van der Waals surface area (Å²) in [6.45, 7) is 8.55. The quantitative estimate of drug-likeness (QED) is 0.880. The molecule has 1 unspecified atom stereocenters. The normalized spacial score (nSPS) is 20.9. The Morgan fingerprint density at radius 3 is 2.63 bits per heavy atom. The molecule has 0 spiro atoms. The van der Waals surface area contributed by atoms with Crippen LogP contribution in [-0.4, -0.2) is 27.9 Å². The number of likely N-dealkylation sites (tertiary alicyclic amines) is 1. The summed E-state index contributed by atoms with van der Waals surface area (Å²) in [5.41, 5.74) is 6.21. The third-order valence-electron chi connectivity index (χ3n) is 4.64. The van der Waals surface area contributed by atoms with Crippen LogP contribution in [0.15, 0.2) is 18.3 Å². The highest BCUT2D eigenvalue weighted by atomic mass is 16.2. The van der Waals surface area contributed by atoms with E-state index in [1.165, 1.54) is 0 Å². The Balaban J connectivity index is 2.24. The molecule has 0 radical (unpaired) electrons. The number of rotatable bonds is 3. The number of H-pyrrole nitrogens is 1. The average molecular weight is 263 g/mol. The van der Waals surface area contributed by atoms with Gasteiger partial charge in [-0.25, -0.2) is 0 Å². The lowest BCUT2D eigenvalue weighted by Crippen LogP contribution is -2.56. The Hall–Kier alpha value is -1.29.